The van der Waals surface area contributed by atoms with Crippen LogP contribution in [-0.4, -0.2) is 55.7 Å². The van der Waals surface area contributed by atoms with Crippen LogP contribution in [-0.2, 0) is 6.42 Å². The van der Waals surface area contributed by atoms with Gasteiger partial charge in [-0.2, -0.15) is 5.26 Å². The van der Waals surface area contributed by atoms with Crippen molar-refractivity contribution in [3.8, 4) is 11.8 Å². The lowest BCUT2D eigenvalue weighted by Gasteiger charge is -2.35. The molecule has 3 rings (SSSR count). The van der Waals surface area contributed by atoms with Crippen LogP contribution < -0.4 is 15.0 Å². The lowest BCUT2D eigenvalue weighted by molar-refractivity contribution is 0.194. The van der Waals surface area contributed by atoms with Crippen LogP contribution in [0.3, 0.4) is 0 Å². The number of carbonyl (C=O) groups excluding carboxylic acids is 1. The Bertz CT molecular complexity index is 808. The zero-order chi connectivity index (χ0) is 19.1. The average molecular weight is 365 g/mol. The summed E-state index contributed by atoms with van der Waals surface area (Å²) in [5, 5.41) is 12.2. The number of urea groups is 1. The van der Waals surface area contributed by atoms with Gasteiger partial charge in [-0.05, 0) is 36.2 Å². The second kappa shape index (κ2) is 8.90. The molecular weight excluding hydrogens is 342 g/mol. The van der Waals surface area contributed by atoms with E-state index in [-0.39, 0.29) is 6.03 Å². The highest BCUT2D eigenvalue weighted by Gasteiger charge is 2.23. The number of carbonyl (C=O) groups is 1. The van der Waals surface area contributed by atoms with E-state index in [1.807, 2.05) is 24.3 Å². The molecule has 1 fully saturated rings. The summed E-state index contributed by atoms with van der Waals surface area (Å²) in [7, 11) is 1.64. The van der Waals surface area contributed by atoms with Crippen LogP contribution >= 0.6 is 0 Å². The largest absolute Gasteiger partial charge is 0.497 e. The molecule has 0 spiro atoms. The van der Waals surface area contributed by atoms with Gasteiger partial charge in [-0.3, -0.25) is 0 Å². The Balaban J connectivity index is 1.45. The van der Waals surface area contributed by atoms with Crippen LogP contribution in [0.2, 0.25) is 0 Å². The van der Waals surface area contributed by atoms with Gasteiger partial charge in [0.05, 0.1) is 12.7 Å². The van der Waals surface area contributed by atoms with Gasteiger partial charge in [0.25, 0.3) is 0 Å². The minimum Gasteiger partial charge on any atom is -0.497 e. The van der Waals surface area contributed by atoms with Crippen LogP contribution in [0.5, 0.6) is 5.75 Å². The number of hydrogen-bond donors (Lipinski definition) is 1. The number of nitrogens with one attached hydrogen (secondary N) is 1. The Hall–Kier alpha value is -3.27. The van der Waals surface area contributed by atoms with E-state index in [1.54, 1.807) is 30.3 Å². The van der Waals surface area contributed by atoms with Crippen molar-refractivity contribution in [1.29, 1.82) is 5.26 Å². The van der Waals surface area contributed by atoms with Gasteiger partial charge < -0.3 is 19.9 Å². The summed E-state index contributed by atoms with van der Waals surface area (Å²) in [6, 6.07) is 13.5. The molecule has 0 unspecified atom stereocenters. The fourth-order valence-corrected chi connectivity index (χ4v) is 3.08. The smallest absolute Gasteiger partial charge is 0.317 e. The lowest BCUT2D eigenvalue weighted by Crippen LogP contribution is -2.52. The maximum atomic E-state index is 12.4. The van der Waals surface area contributed by atoms with E-state index in [2.05, 4.69) is 21.3 Å². The number of piperazine rings is 1. The first-order valence-electron chi connectivity index (χ1n) is 8.97. The van der Waals surface area contributed by atoms with Gasteiger partial charge in [0.15, 0.2) is 0 Å². The summed E-state index contributed by atoms with van der Waals surface area (Å²) in [5.41, 5.74) is 1.72. The van der Waals surface area contributed by atoms with E-state index in [4.69, 9.17) is 4.74 Å². The molecule has 1 N–H and O–H groups in total. The van der Waals surface area contributed by atoms with E-state index < -0.39 is 0 Å². The Kier molecular flexibility index (Phi) is 6.10. The van der Waals surface area contributed by atoms with Crippen molar-refractivity contribution < 1.29 is 9.53 Å². The van der Waals surface area contributed by atoms with Crippen LogP contribution in [0.25, 0.3) is 0 Å². The van der Waals surface area contributed by atoms with E-state index in [0.717, 1.165) is 17.7 Å². The van der Waals surface area contributed by atoms with Crippen molar-refractivity contribution in [2.45, 2.75) is 6.42 Å². The molecular formula is C20H23N5O2. The second-order valence-electron chi connectivity index (χ2n) is 6.29. The number of aromatic nitrogens is 1. The molecule has 0 radical (unpaired) electrons. The number of pyridine rings is 1. The molecule has 140 valence electrons. The summed E-state index contributed by atoms with van der Waals surface area (Å²) in [6.45, 7) is 3.13. The minimum atomic E-state index is -0.0512. The summed E-state index contributed by atoms with van der Waals surface area (Å²) >= 11 is 0. The zero-order valence-electron chi connectivity index (χ0n) is 15.4. The van der Waals surface area contributed by atoms with Crippen molar-refractivity contribution in [3.05, 3.63) is 53.7 Å². The standard InChI is InChI=1S/C20H23N5O2/c1-27-18-6-4-16(5-7-18)8-10-23-20(26)25-13-11-24(12-14-25)19-17(15-21)3-2-9-22-19/h2-7,9H,8,10-14H2,1H3,(H,23,26). The highest BCUT2D eigenvalue weighted by atomic mass is 16.5. The van der Waals surface area contributed by atoms with E-state index in [9.17, 15) is 10.1 Å². The quantitative estimate of drug-likeness (QED) is 0.877. The van der Waals surface area contributed by atoms with Gasteiger partial charge in [-0.1, -0.05) is 12.1 Å². The molecule has 0 atom stereocenters. The van der Waals surface area contributed by atoms with Crippen molar-refractivity contribution in [3.63, 3.8) is 0 Å². The minimum absolute atomic E-state index is 0.0512. The maximum absolute atomic E-state index is 12.4. The number of rotatable bonds is 5. The SMILES string of the molecule is COc1ccc(CCNC(=O)N2CCN(c3ncccc3C#N)CC2)cc1. The Morgan fingerprint density at radius 1 is 1.22 bits per heavy atom. The van der Waals surface area contributed by atoms with E-state index in [0.29, 0.717) is 44.1 Å². The van der Waals surface area contributed by atoms with Crippen molar-refractivity contribution in [2.75, 3.05) is 44.7 Å². The molecule has 1 saturated heterocycles. The molecule has 1 aliphatic rings. The highest BCUT2D eigenvalue weighted by molar-refractivity contribution is 5.74. The molecule has 27 heavy (non-hydrogen) atoms. The second-order valence-corrected chi connectivity index (χ2v) is 6.29. The molecule has 1 aromatic heterocycles. The van der Waals surface area contributed by atoms with Crippen LogP contribution in [0, 0.1) is 11.3 Å². The predicted molar refractivity (Wildman–Crippen MR) is 103 cm³/mol. The summed E-state index contributed by atoms with van der Waals surface area (Å²) in [6.07, 6.45) is 2.46. The molecule has 1 aromatic carbocycles. The number of anilines is 1. The molecule has 2 heterocycles. The predicted octanol–water partition coefficient (Wildman–Crippen LogP) is 2.04. The van der Waals surface area contributed by atoms with Crippen molar-refractivity contribution in [1.82, 2.24) is 15.2 Å². The van der Waals surface area contributed by atoms with Crippen molar-refractivity contribution >= 4 is 11.8 Å². The fourth-order valence-electron chi connectivity index (χ4n) is 3.08. The average Bonchev–Trinajstić information content (AvgIpc) is 2.74. The number of methoxy groups -OCH3 is 1. The molecule has 2 aromatic rings. The monoisotopic (exact) mass is 365 g/mol. The van der Waals surface area contributed by atoms with E-state index in [1.165, 1.54) is 0 Å². The van der Waals surface area contributed by atoms with Crippen LogP contribution in [0.4, 0.5) is 10.6 Å². The molecule has 0 aliphatic carbocycles. The van der Waals surface area contributed by atoms with Gasteiger partial charge in [0, 0.05) is 38.9 Å². The van der Waals surface area contributed by atoms with Crippen molar-refractivity contribution in [2.24, 2.45) is 0 Å². The van der Waals surface area contributed by atoms with Gasteiger partial charge in [-0.15, -0.1) is 0 Å². The Morgan fingerprint density at radius 3 is 2.63 bits per heavy atom. The van der Waals surface area contributed by atoms with Crippen LogP contribution in [0.15, 0.2) is 42.6 Å². The molecule has 0 bridgehead atoms. The molecule has 7 nitrogen and oxygen atoms in total. The highest BCUT2D eigenvalue weighted by Crippen LogP contribution is 2.18. The lowest BCUT2D eigenvalue weighted by atomic mass is 10.1. The molecule has 0 saturated carbocycles. The third-order valence-corrected chi connectivity index (χ3v) is 4.62. The number of ether oxygens (including phenoxy) is 1. The van der Waals surface area contributed by atoms with E-state index >= 15 is 0 Å². The van der Waals surface area contributed by atoms with Crippen LogP contribution in [0.1, 0.15) is 11.1 Å². The third kappa shape index (κ3) is 4.67. The van der Waals surface area contributed by atoms with Gasteiger partial charge in [0.2, 0.25) is 0 Å². The number of benzene rings is 1. The first kappa shape index (κ1) is 18.5. The van der Waals surface area contributed by atoms with Gasteiger partial charge >= 0.3 is 6.03 Å². The first-order chi connectivity index (χ1) is 13.2. The molecule has 1 aliphatic heterocycles. The number of nitriles is 1. The summed E-state index contributed by atoms with van der Waals surface area (Å²) in [5.74, 6) is 1.52. The Morgan fingerprint density at radius 2 is 1.96 bits per heavy atom. The third-order valence-electron chi connectivity index (χ3n) is 4.62. The summed E-state index contributed by atoms with van der Waals surface area (Å²) in [4.78, 5) is 20.5. The van der Waals surface area contributed by atoms with Gasteiger partial charge in [0.1, 0.15) is 17.6 Å². The number of amides is 2. The number of nitrogens with zero attached hydrogens (tertiary/aromatic N) is 4. The maximum Gasteiger partial charge on any atom is 0.317 e. The first-order valence-corrected chi connectivity index (χ1v) is 8.97. The topological polar surface area (TPSA) is 81.5 Å². The Labute approximate surface area is 159 Å². The summed E-state index contributed by atoms with van der Waals surface area (Å²) < 4.78 is 5.14. The number of hydrogen-bond acceptors (Lipinski definition) is 5. The van der Waals surface area contributed by atoms with Gasteiger partial charge in [-0.25, -0.2) is 9.78 Å². The molecule has 2 amide bonds. The fraction of sp³-hybridized carbons (Fsp3) is 0.350. The zero-order valence-corrected chi connectivity index (χ0v) is 15.4. The normalized spacial score (nSPS) is 13.8. The molecule has 7 heteroatoms.